The number of nitrogens with two attached hydrogens (primary N) is 1. The van der Waals surface area contributed by atoms with Gasteiger partial charge in [-0.05, 0) is 13.8 Å². The Balaban J connectivity index is 2.43. The first-order chi connectivity index (χ1) is 8.41. The predicted octanol–water partition coefficient (Wildman–Crippen LogP) is 1.02. The van der Waals surface area contributed by atoms with Crippen molar-refractivity contribution in [2.24, 2.45) is 7.05 Å². The van der Waals surface area contributed by atoms with Gasteiger partial charge in [-0.2, -0.15) is 10.2 Å². The van der Waals surface area contributed by atoms with Gasteiger partial charge in [0, 0.05) is 18.8 Å². The Morgan fingerprint density at radius 3 is 2.67 bits per heavy atom. The molecule has 18 heavy (non-hydrogen) atoms. The second kappa shape index (κ2) is 4.13. The van der Waals surface area contributed by atoms with Crippen LogP contribution in [0.4, 0.5) is 11.5 Å². The zero-order valence-electron chi connectivity index (χ0n) is 10.4. The summed E-state index contributed by atoms with van der Waals surface area (Å²) >= 11 is 0. The summed E-state index contributed by atoms with van der Waals surface area (Å²) in [4.78, 5) is 10.2. The number of aromatic nitrogens is 4. The van der Waals surface area contributed by atoms with Crippen LogP contribution in [0, 0.1) is 17.0 Å². The molecule has 0 saturated heterocycles. The van der Waals surface area contributed by atoms with Crippen molar-refractivity contribution >= 4 is 11.5 Å². The number of rotatable bonds is 3. The number of hydrogen-bond donors (Lipinski definition) is 1. The average Bonchev–Trinajstić information content (AvgIpc) is 2.81. The molecule has 96 valence electrons. The summed E-state index contributed by atoms with van der Waals surface area (Å²) in [5.74, 6) is 0.0516. The van der Waals surface area contributed by atoms with Gasteiger partial charge in [0.15, 0.2) is 0 Å². The van der Waals surface area contributed by atoms with E-state index in [1.165, 1.54) is 4.68 Å². The lowest BCUT2D eigenvalue weighted by atomic mass is 10.1. The summed E-state index contributed by atoms with van der Waals surface area (Å²) in [6, 6.07) is -0.201. The zero-order chi connectivity index (χ0) is 13.4. The van der Waals surface area contributed by atoms with Gasteiger partial charge < -0.3 is 5.73 Å². The molecule has 2 N–H and O–H groups in total. The molecule has 8 heteroatoms. The Kier molecular flexibility index (Phi) is 2.77. The third-order valence-electron chi connectivity index (χ3n) is 2.88. The van der Waals surface area contributed by atoms with Crippen LogP contribution < -0.4 is 5.73 Å². The predicted molar refractivity (Wildman–Crippen MR) is 65.1 cm³/mol. The Bertz CT molecular complexity index is 600. The molecule has 0 amide bonds. The molecule has 0 spiro atoms. The van der Waals surface area contributed by atoms with Crippen LogP contribution in [0.25, 0.3) is 0 Å². The first kappa shape index (κ1) is 12.1. The van der Waals surface area contributed by atoms with Crippen LogP contribution in [-0.4, -0.2) is 24.5 Å². The molecular weight excluding hydrogens is 236 g/mol. The van der Waals surface area contributed by atoms with Crippen LogP contribution in [0.2, 0.25) is 0 Å². The lowest BCUT2D eigenvalue weighted by molar-refractivity contribution is -0.384. The van der Waals surface area contributed by atoms with Crippen LogP contribution in [0.5, 0.6) is 0 Å². The van der Waals surface area contributed by atoms with E-state index in [2.05, 4.69) is 10.2 Å². The summed E-state index contributed by atoms with van der Waals surface area (Å²) in [5.41, 5.74) is 7.34. The fraction of sp³-hybridized carbons (Fsp3) is 0.400. The maximum absolute atomic E-state index is 10.7. The Morgan fingerprint density at radius 2 is 2.22 bits per heavy atom. The molecule has 0 saturated carbocycles. The highest BCUT2D eigenvalue weighted by Crippen LogP contribution is 2.27. The minimum Gasteiger partial charge on any atom is -0.378 e. The first-order valence-electron chi connectivity index (χ1n) is 5.39. The van der Waals surface area contributed by atoms with Crippen molar-refractivity contribution in [3.8, 4) is 0 Å². The van der Waals surface area contributed by atoms with E-state index in [4.69, 9.17) is 5.73 Å². The van der Waals surface area contributed by atoms with Crippen LogP contribution in [0.1, 0.15) is 24.2 Å². The van der Waals surface area contributed by atoms with Gasteiger partial charge in [0.2, 0.25) is 5.82 Å². The van der Waals surface area contributed by atoms with Gasteiger partial charge in [-0.15, -0.1) is 0 Å². The summed E-state index contributed by atoms with van der Waals surface area (Å²) in [6.45, 7) is 3.75. The molecule has 0 bridgehead atoms. The Hall–Kier alpha value is -2.38. The summed E-state index contributed by atoms with van der Waals surface area (Å²) in [6.07, 6.45) is 3.02. The second-order valence-corrected chi connectivity index (χ2v) is 4.14. The summed E-state index contributed by atoms with van der Waals surface area (Å²) in [7, 11) is 1.82. The molecular formula is C10H14N6O2. The van der Waals surface area contributed by atoms with Gasteiger partial charge in [-0.3, -0.25) is 14.8 Å². The largest absolute Gasteiger partial charge is 0.378 e. The van der Waals surface area contributed by atoms with Crippen molar-refractivity contribution in [1.29, 1.82) is 0 Å². The van der Waals surface area contributed by atoms with Gasteiger partial charge in [0.1, 0.15) is 6.20 Å². The second-order valence-electron chi connectivity index (χ2n) is 4.14. The van der Waals surface area contributed by atoms with Crippen LogP contribution in [0.3, 0.4) is 0 Å². The highest BCUT2D eigenvalue weighted by molar-refractivity contribution is 5.52. The number of nitro groups is 1. The molecule has 2 heterocycles. The highest BCUT2D eigenvalue weighted by atomic mass is 16.6. The van der Waals surface area contributed by atoms with Gasteiger partial charge in [-0.25, -0.2) is 4.68 Å². The number of hydrogen-bond acceptors (Lipinski definition) is 5. The first-order valence-corrected chi connectivity index (χ1v) is 5.39. The van der Waals surface area contributed by atoms with Crippen molar-refractivity contribution in [2.75, 3.05) is 5.73 Å². The maximum Gasteiger partial charge on any atom is 0.330 e. The smallest absolute Gasteiger partial charge is 0.330 e. The van der Waals surface area contributed by atoms with Crippen LogP contribution >= 0.6 is 0 Å². The number of nitrogen functional groups attached to an aromatic ring is 1. The van der Waals surface area contributed by atoms with E-state index in [9.17, 15) is 10.1 Å². The minimum atomic E-state index is -0.540. The maximum atomic E-state index is 10.7. The van der Waals surface area contributed by atoms with E-state index < -0.39 is 4.92 Å². The van der Waals surface area contributed by atoms with Gasteiger partial charge >= 0.3 is 5.69 Å². The molecule has 2 rings (SSSR count). The average molecular weight is 250 g/mol. The Morgan fingerprint density at radius 1 is 1.56 bits per heavy atom. The molecule has 1 unspecified atom stereocenters. The van der Waals surface area contributed by atoms with E-state index in [1.807, 2.05) is 27.1 Å². The van der Waals surface area contributed by atoms with E-state index >= 15 is 0 Å². The molecule has 8 nitrogen and oxygen atoms in total. The highest BCUT2D eigenvalue weighted by Gasteiger charge is 2.23. The fourth-order valence-electron chi connectivity index (χ4n) is 1.97. The SMILES string of the molecule is Cc1nn(C)cc1C(C)n1ncc([N+](=O)[O-])c1N. The van der Waals surface area contributed by atoms with E-state index in [1.54, 1.807) is 4.68 Å². The number of aryl methyl sites for hydroxylation is 2. The van der Waals surface area contributed by atoms with E-state index in [0.717, 1.165) is 17.5 Å². The van der Waals surface area contributed by atoms with Gasteiger partial charge in [-0.1, -0.05) is 0 Å². The topological polar surface area (TPSA) is 105 Å². The van der Waals surface area contributed by atoms with Crippen molar-refractivity contribution in [3.63, 3.8) is 0 Å². The lowest BCUT2D eigenvalue weighted by Crippen LogP contribution is -2.12. The summed E-state index contributed by atoms with van der Waals surface area (Å²) < 4.78 is 3.12. The number of nitrogens with zero attached hydrogens (tertiary/aromatic N) is 5. The van der Waals surface area contributed by atoms with Gasteiger partial charge in [0.05, 0.1) is 16.7 Å². The van der Waals surface area contributed by atoms with Crippen molar-refractivity contribution < 1.29 is 4.92 Å². The van der Waals surface area contributed by atoms with Crippen molar-refractivity contribution in [3.05, 3.63) is 33.8 Å². The molecule has 0 aliphatic heterocycles. The third kappa shape index (κ3) is 1.81. The molecule has 0 aromatic carbocycles. The molecule has 2 aromatic rings. The number of anilines is 1. The van der Waals surface area contributed by atoms with E-state index in [-0.39, 0.29) is 17.5 Å². The fourth-order valence-corrected chi connectivity index (χ4v) is 1.97. The molecule has 1 atom stereocenters. The van der Waals surface area contributed by atoms with E-state index in [0.29, 0.717) is 0 Å². The summed E-state index contributed by atoms with van der Waals surface area (Å²) in [5, 5.41) is 18.9. The van der Waals surface area contributed by atoms with Crippen molar-refractivity contribution in [2.45, 2.75) is 19.9 Å². The standard InChI is InChI=1S/C10H14N6O2/c1-6-8(5-14(3)13-6)7(2)15-10(11)9(4-12-15)16(17)18/h4-5,7H,11H2,1-3H3. The van der Waals surface area contributed by atoms with Gasteiger partial charge in [0.25, 0.3) is 0 Å². The quantitative estimate of drug-likeness (QED) is 0.646. The molecule has 0 aliphatic rings. The minimum absolute atomic E-state index is 0.0516. The van der Waals surface area contributed by atoms with Crippen molar-refractivity contribution in [1.82, 2.24) is 19.6 Å². The monoisotopic (exact) mass is 250 g/mol. The van der Waals surface area contributed by atoms with Crippen LogP contribution in [0.15, 0.2) is 12.4 Å². The molecule has 0 aliphatic carbocycles. The molecule has 0 radical (unpaired) electrons. The lowest BCUT2D eigenvalue weighted by Gasteiger charge is -2.12. The molecule has 0 fully saturated rings. The third-order valence-corrected chi connectivity index (χ3v) is 2.88. The zero-order valence-corrected chi connectivity index (χ0v) is 10.4. The Labute approximate surface area is 103 Å². The normalized spacial score (nSPS) is 12.6. The molecule has 2 aromatic heterocycles. The van der Waals surface area contributed by atoms with Crippen LogP contribution in [-0.2, 0) is 7.05 Å².